The largest absolute Gasteiger partial charge is 0.231 e. The summed E-state index contributed by atoms with van der Waals surface area (Å²) in [7, 11) is 0. The lowest BCUT2D eigenvalue weighted by molar-refractivity contribution is 0.980. The van der Waals surface area contributed by atoms with E-state index in [1.54, 1.807) is 0 Å². The minimum absolute atomic E-state index is 0.980. The van der Waals surface area contributed by atoms with Gasteiger partial charge in [-0.3, -0.25) is 0 Å². The molecule has 0 saturated carbocycles. The summed E-state index contributed by atoms with van der Waals surface area (Å²) in [6.07, 6.45) is 0. The van der Waals surface area contributed by atoms with Gasteiger partial charge in [-0.05, 0) is 89.8 Å². The lowest BCUT2D eigenvalue weighted by Crippen LogP contribution is -1.97. The van der Waals surface area contributed by atoms with Crippen molar-refractivity contribution in [3.63, 3.8) is 0 Å². The lowest BCUT2D eigenvalue weighted by atomic mass is 9.87. The average molecular weight is 673 g/mol. The van der Waals surface area contributed by atoms with Crippen LogP contribution in [0, 0.1) is 0 Å². The number of hydrogen-bond donors (Lipinski definition) is 0. The molecule has 0 unspecified atom stereocenters. The van der Waals surface area contributed by atoms with Gasteiger partial charge < -0.3 is 0 Å². The summed E-state index contributed by atoms with van der Waals surface area (Å²) in [6, 6.07) is 70.4. The van der Waals surface area contributed by atoms with E-state index in [0.29, 0.717) is 0 Å². The molecule has 0 saturated heterocycles. The summed E-state index contributed by atoms with van der Waals surface area (Å²) < 4.78 is 2.22. The maximum absolute atomic E-state index is 5.69. The third-order valence-electron chi connectivity index (χ3n) is 10.9. The van der Waals surface area contributed by atoms with Crippen molar-refractivity contribution in [1.82, 2.24) is 9.61 Å². The fourth-order valence-corrected chi connectivity index (χ4v) is 8.54. The van der Waals surface area contributed by atoms with Crippen molar-refractivity contribution in [2.45, 2.75) is 0 Å². The van der Waals surface area contributed by atoms with Crippen LogP contribution in [0.2, 0.25) is 0 Å². The summed E-state index contributed by atoms with van der Waals surface area (Å²) in [5.41, 5.74) is 12.5. The molecule has 0 amide bonds. The number of rotatable bonds is 5. The predicted octanol–water partition coefficient (Wildman–Crippen LogP) is 13.7. The van der Waals surface area contributed by atoms with Crippen LogP contribution in [0.15, 0.2) is 194 Å². The van der Waals surface area contributed by atoms with Gasteiger partial charge in [0.25, 0.3) is 0 Å². The second kappa shape index (κ2) is 11.8. The van der Waals surface area contributed by atoms with E-state index in [1.165, 1.54) is 60.0 Å². The first kappa shape index (κ1) is 29.7. The van der Waals surface area contributed by atoms with Crippen LogP contribution >= 0.6 is 0 Å². The summed E-state index contributed by atoms with van der Waals surface area (Å²) in [5, 5.41) is 15.6. The molecule has 0 fully saturated rings. The first-order valence-electron chi connectivity index (χ1n) is 18.2. The Morgan fingerprint density at radius 3 is 1.53 bits per heavy atom. The van der Waals surface area contributed by atoms with E-state index >= 15 is 0 Å². The molecule has 0 aliphatic heterocycles. The first-order valence-corrected chi connectivity index (χ1v) is 18.2. The molecular weight excluding hydrogens is 641 g/mol. The average Bonchev–Trinajstić information content (AvgIpc) is 3.64. The van der Waals surface area contributed by atoms with E-state index in [-0.39, 0.29) is 0 Å². The standard InChI is InChI=1S/C51H32N2/c1-5-15-33(16-6-1)42-30-40-31-46(35-19-9-3-10-20-35)53-51(44(40)32-43(42)34-17-7-2-8-18-34)49(36-21-11-4-12-22-36)50(52-53)45-29-39-25-13-23-37-27-28-38-24-14-26-41(45)48(38)47(37)39/h1-32H. The van der Waals surface area contributed by atoms with Gasteiger partial charge in [0.15, 0.2) is 0 Å². The molecule has 0 bridgehead atoms. The van der Waals surface area contributed by atoms with Gasteiger partial charge in [-0.25, -0.2) is 4.52 Å². The molecule has 2 heteroatoms. The number of pyridine rings is 1. The van der Waals surface area contributed by atoms with Gasteiger partial charge in [-0.2, -0.15) is 5.10 Å². The Morgan fingerprint density at radius 1 is 0.340 bits per heavy atom. The Morgan fingerprint density at radius 2 is 0.868 bits per heavy atom. The first-order chi connectivity index (χ1) is 26.3. The van der Waals surface area contributed by atoms with Crippen LogP contribution in [0.25, 0.3) is 105 Å². The van der Waals surface area contributed by atoms with E-state index in [1.807, 2.05) is 0 Å². The number of fused-ring (bicyclic) bond motifs is 3. The van der Waals surface area contributed by atoms with Gasteiger partial charge in [0.2, 0.25) is 0 Å². The van der Waals surface area contributed by atoms with Crippen molar-refractivity contribution in [1.29, 1.82) is 0 Å². The van der Waals surface area contributed by atoms with Gasteiger partial charge >= 0.3 is 0 Å². The molecule has 0 aliphatic rings. The van der Waals surface area contributed by atoms with Crippen molar-refractivity contribution in [3.05, 3.63) is 194 Å². The third kappa shape index (κ3) is 4.63. The van der Waals surface area contributed by atoms with Crippen molar-refractivity contribution < 1.29 is 0 Å². The third-order valence-corrected chi connectivity index (χ3v) is 10.9. The summed E-state index contributed by atoms with van der Waals surface area (Å²) in [5.74, 6) is 0. The molecule has 0 radical (unpaired) electrons. The quantitative estimate of drug-likeness (QED) is 0.166. The molecule has 2 heterocycles. The normalized spacial score (nSPS) is 11.8. The van der Waals surface area contributed by atoms with Gasteiger partial charge in [0.05, 0.1) is 11.2 Å². The Labute approximate surface area is 307 Å². The zero-order valence-electron chi connectivity index (χ0n) is 28.9. The second-order valence-electron chi connectivity index (χ2n) is 13.9. The Bertz CT molecular complexity index is 3130. The SMILES string of the molecule is c1ccc(-c2cc3cc(-c4ccccc4)n4nc(-c5cc6cccc7ccc8cccc5c8c76)c(-c5ccccc5)c4c3cc2-c2ccccc2)cc1. The van der Waals surface area contributed by atoms with Crippen molar-refractivity contribution in [2.24, 2.45) is 0 Å². The van der Waals surface area contributed by atoms with Crippen LogP contribution in [0.3, 0.4) is 0 Å². The van der Waals surface area contributed by atoms with Crippen LogP contribution in [0.5, 0.6) is 0 Å². The zero-order chi connectivity index (χ0) is 34.9. The maximum Gasteiger partial charge on any atom is 0.102 e. The van der Waals surface area contributed by atoms with Crippen LogP contribution < -0.4 is 0 Å². The predicted molar refractivity (Wildman–Crippen MR) is 224 cm³/mol. The highest BCUT2D eigenvalue weighted by Gasteiger charge is 2.25. The number of aromatic nitrogens is 2. The monoisotopic (exact) mass is 672 g/mol. The van der Waals surface area contributed by atoms with Crippen molar-refractivity contribution in [3.8, 4) is 55.9 Å². The minimum Gasteiger partial charge on any atom is -0.231 e. The molecule has 9 aromatic carbocycles. The van der Waals surface area contributed by atoms with Crippen molar-refractivity contribution >= 4 is 48.6 Å². The fraction of sp³-hybridized carbons (Fsp3) is 0. The Kier molecular flexibility index (Phi) is 6.59. The van der Waals surface area contributed by atoms with Gasteiger partial charge in [-0.1, -0.05) is 170 Å². The molecule has 2 aromatic heterocycles. The highest BCUT2D eigenvalue weighted by molar-refractivity contribution is 6.27. The second-order valence-corrected chi connectivity index (χ2v) is 13.9. The highest BCUT2D eigenvalue weighted by atomic mass is 15.2. The van der Waals surface area contributed by atoms with Crippen LogP contribution in [-0.2, 0) is 0 Å². The number of hydrogen-bond acceptors (Lipinski definition) is 1. The van der Waals surface area contributed by atoms with Crippen LogP contribution in [-0.4, -0.2) is 9.61 Å². The van der Waals surface area contributed by atoms with E-state index in [9.17, 15) is 0 Å². The fourth-order valence-electron chi connectivity index (χ4n) is 8.54. The molecule has 11 rings (SSSR count). The Balaban J connectivity index is 1.34. The highest BCUT2D eigenvalue weighted by Crippen LogP contribution is 2.47. The van der Waals surface area contributed by atoms with E-state index in [2.05, 4.69) is 199 Å². The van der Waals surface area contributed by atoms with E-state index in [0.717, 1.165) is 44.5 Å². The zero-order valence-corrected chi connectivity index (χ0v) is 28.9. The number of benzene rings is 9. The molecule has 11 aromatic rings. The van der Waals surface area contributed by atoms with Gasteiger partial charge in [0, 0.05) is 22.1 Å². The topological polar surface area (TPSA) is 17.3 Å². The smallest absolute Gasteiger partial charge is 0.102 e. The molecular formula is C51H32N2. The molecule has 53 heavy (non-hydrogen) atoms. The molecule has 2 nitrogen and oxygen atoms in total. The summed E-state index contributed by atoms with van der Waals surface area (Å²) in [4.78, 5) is 0. The van der Waals surface area contributed by atoms with Crippen LogP contribution in [0.4, 0.5) is 0 Å². The van der Waals surface area contributed by atoms with Gasteiger partial charge in [-0.15, -0.1) is 0 Å². The minimum atomic E-state index is 0.980. The molecule has 0 spiro atoms. The van der Waals surface area contributed by atoms with Gasteiger partial charge in [0.1, 0.15) is 5.69 Å². The molecule has 246 valence electrons. The van der Waals surface area contributed by atoms with E-state index in [4.69, 9.17) is 5.10 Å². The Hall–Kier alpha value is -7.03. The van der Waals surface area contributed by atoms with E-state index < -0.39 is 0 Å². The summed E-state index contributed by atoms with van der Waals surface area (Å²) in [6.45, 7) is 0. The lowest BCUT2D eigenvalue weighted by Gasteiger charge is -2.16. The number of nitrogens with zero attached hydrogens (tertiary/aromatic N) is 2. The molecule has 0 aliphatic carbocycles. The van der Waals surface area contributed by atoms with Crippen molar-refractivity contribution in [2.75, 3.05) is 0 Å². The summed E-state index contributed by atoms with van der Waals surface area (Å²) >= 11 is 0. The molecule has 0 atom stereocenters. The maximum atomic E-state index is 5.69. The van der Waals surface area contributed by atoms with Crippen LogP contribution in [0.1, 0.15) is 0 Å². The molecule has 0 N–H and O–H groups in total.